The van der Waals surface area contributed by atoms with Crippen LogP contribution >= 0.6 is 0 Å². The molecule has 0 unspecified atom stereocenters. The lowest BCUT2D eigenvalue weighted by atomic mass is 10.2. The largest absolute Gasteiger partial charge is 0.497 e. The zero-order chi connectivity index (χ0) is 24.6. The molecule has 3 aromatic rings. The third kappa shape index (κ3) is 6.14. The highest BCUT2D eigenvalue weighted by molar-refractivity contribution is 7.92. The Morgan fingerprint density at radius 2 is 1.65 bits per heavy atom. The quantitative estimate of drug-likeness (QED) is 0.445. The Balaban J connectivity index is 1.93. The lowest BCUT2D eigenvalue weighted by Crippen LogP contribution is -2.31. The number of esters is 1. The second-order valence-electron chi connectivity index (χ2n) is 7.25. The van der Waals surface area contributed by atoms with Crippen LogP contribution in [0.25, 0.3) is 0 Å². The van der Waals surface area contributed by atoms with E-state index in [1.165, 1.54) is 35.7 Å². The Morgan fingerprint density at radius 3 is 2.29 bits per heavy atom. The van der Waals surface area contributed by atoms with Gasteiger partial charge >= 0.3 is 5.97 Å². The highest BCUT2D eigenvalue weighted by Gasteiger charge is 2.26. The van der Waals surface area contributed by atoms with Gasteiger partial charge in [0.25, 0.3) is 15.9 Å². The van der Waals surface area contributed by atoms with Gasteiger partial charge in [-0.3, -0.25) is 9.10 Å². The van der Waals surface area contributed by atoms with Crippen LogP contribution in [-0.4, -0.2) is 40.6 Å². The van der Waals surface area contributed by atoms with Gasteiger partial charge in [-0.1, -0.05) is 36.4 Å². The molecule has 0 aliphatic carbocycles. The van der Waals surface area contributed by atoms with E-state index in [1.54, 1.807) is 31.2 Å². The van der Waals surface area contributed by atoms with Gasteiger partial charge in [0.1, 0.15) is 5.75 Å². The summed E-state index contributed by atoms with van der Waals surface area (Å²) < 4.78 is 38.8. The minimum Gasteiger partial charge on any atom is -0.497 e. The summed E-state index contributed by atoms with van der Waals surface area (Å²) in [5.74, 6) is -0.631. The van der Waals surface area contributed by atoms with E-state index >= 15 is 0 Å². The van der Waals surface area contributed by atoms with Crippen LogP contribution in [0, 0.1) is 0 Å². The maximum Gasteiger partial charge on any atom is 0.338 e. The Kier molecular flexibility index (Phi) is 8.26. The van der Waals surface area contributed by atoms with E-state index in [4.69, 9.17) is 9.47 Å². The fourth-order valence-electron chi connectivity index (χ4n) is 3.19. The summed E-state index contributed by atoms with van der Waals surface area (Å²) >= 11 is 0. The van der Waals surface area contributed by atoms with Crippen molar-refractivity contribution in [1.82, 2.24) is 5.32 Å². The zero-order valence-corrected chi connectivity index (χ0v) is 19.7. The molecule has 0 fully saturated rings. The van der Waals surface area contributed by atoms with Crippen molar-refractivity contribution < 1.29 is 27.5 Å². The number of hydrogen-bond acceptors (Lipinski definition) is 6. The van der Waals surface area contributed by atoms with Crippen molar-refractivity contribution in [3.63, 3.8) is 0 Å². The average Bonchev–Trinajstić information content (AvgIpc) is 2.86. The second kappa shape index (κ2) is 11.3. The smallest absolute Gasteiger partial charge is 0.338 e. The Morgan fingerprint density at radius 1 is 0.941 bits per heavy atom. The predicted molar refractivity (Wildman–Crippen MR) is 128 cm³/mol. The number of rotatable bonds is 10. The molecule has 0 spiro atoms. The third-order valence-corrected chi connectivity index (χ3v) is 6.67. The number of methoxy groups -OCH3 is 1. The number of anilines is 1. The van der Waals surface area contributed by atoms with Crippen LogP contribution in [0.5, 0.6) is 5.75 Å². The number of carbonyl (C=O) groups is 2. The SMILES string of the molecule is CCNC(=O)COC(=O)c1cccc(S(=O)(=O)N(Cc2ccccc2)c2ccc(OC)cc2)c1. The number of amides is 1. The summed E-state index contributed by atoms with van der Waals surface area (Å²) in [6, 6.07) is 21.4. The molecule has 0 bridgehead atoms. The van der Waals surface area contributed by atoms with Crippen LogP contribution in [0.3, 0.4) is 0 Å². The van der Waals surface area contributed by atoms with E-state index in [-0.39, 0.29) is 17.0 Å². The van der Waals surface area contributed by atoms with Gasteiger partial charge < -0.3 is 14.8 Å². The van der Waals surface area contributed by atoms with Crippen molar-refractivity contribution in [2.45, 2.75) is 18.4 Å². The van der Waals surface area contributed by atoms with Gasteiger partial charge in [-0.2, -0.15) is 0 Å². The van der Waals surface area contributed by atoms with Crippen LogP contribution in [-0.2, 0) is 26.1 Å². The molecule has 34 heavy (non-hydrogen) atoms. The van der Waals surface area contributed by atoms with E-state index in [0.29, 0.717) is 18.0 Å². The lowest BCUT2D eigenvalue weighted by Gasteiger charge is -2.25. The Bertz CT molecular complexity index is 1230. The van der Waals surface area contributed by atoms with E-state index in [1.807, 2.05) is 30.3 Å². The molecule has 3 rings (SSSR count). The first-order chi connectivity index (χ1) is 16.3. The maximum atomic E-state index is 13.7. The second-order valence-corrected chi connectivity index (χ2v) is 9.12. The van der Waals surface area contributed by atoms with Crippen LogP contribution in [0.1, 0.15) is 22.8 Å². The van der Waals surface area contributed by atoms with E-state index < -0.39 is 28.5 Å². The number of nitrogens with one attached hydrogen (secondary N) is 1. The Hall–Kier alpha value is -3.85. The molecular formula is C25H26N2O6S. The molecule has 0 aromatic heterocycles. The van der Waals surface area contributed by atoms with Gasteiger partial charge in [-0.05, 0) is 55.0 Å². The molecule has 0 saturated heterocycles. The molecule has 0 aliphatic rings. The summed E-state index contributed by atoms with van der Waals surface area (Å²) in [6.45, 7) is 1.79. The van der Waals surface area contributed by atoms with Gasteiger partial charge in [0, 0.05) is 6.54 Å². The number of ether oxygens (including phenoxy) is 2. The van der Waals surface area contributed by atoms with E-state index in [2.05, 4.69) is 5.32 Å². The maximum absolute atomic E-state index is 13.7. The molecule has 0 radical (unpaired) electrons. The van der Waals surface area contributed by atoms with Crippen LogP contribution in [0.15, 0.2) is 83.8 Å². The fraction of sp³-hybridized carbons (Fsp3) is 0.200. The van der Waals surface area contributed by atoms with Crippen molar-refractivity contribution in [2.75, 3.05) is 24.6 Å². The molecule has 1 N–H and O–H groups in total. The first-order valence-corrected chi connectivity index (χ1v) is 12.0. The standard InChI is InChI=1S/C25H26N2O6S/c1-3-26-24(28)18-33-25(29)20-10-7-11-23(16-20)34(30,31)27(17-19-8-5-4-6-9-19)21-12-14-22(32-2)15-13-21/h4-16H,3,17-18H2,1-2H3,(H,26,28). The predicted octanol–water partition coefficient (Wildman–Crippen LogP) is 3.38. The number of hydrogen-bond donors (Lipinski definition) is 1. The van der Waals surface area contributed by atoms with Crippen molar-refractivity contribution in [1.29, 1.82) is 0 Å². The number of benzene rings is 3. The fourth-order valence-corrected chi connectivity index (χ4v) is 4.69. The van der Waals surface area contributed by atoms with Gasteiger partial charge in [-0.25, -0.2) is 13.2 Å². The van der Waals surface area contributed by atoms with Crippen molar-refractivity contribution in [3.8, 4) is 5.75 Å². The molecule has 0 saturated carbocycles. The first-order valence-electron chi connectivity index (χ1n) is 10.6. The van der Waals surface area contributed by atoms with E-state index in [9.17, 15) is 18.0 Å². The molecule has 1 amide bonds. The van der Waals surface area contributed by atoms with Gasteiger partial charge in [0.05, 0.1) is 29.8 Å². The summed E-state index contributed by atoms with van der Waals surface area (Å²) in [7, 11) is -2.53. The van der Waals surface area contributed by atoms with Gasteiger partial charge in [0.15, 0.2) is 6.61 Å². The number of likely N-dealkylation sites (N-methyl/N-ethyl adjacent to an activating group) is 1. The zero-order valence-electron chi connectivity index (χ0n) is 18.9. The molecule has 0 heterocycles. The normalized spacial score (nSPS) is 10.9. The topological polar surface area (TPSA) is 102 Å². The van der Waals surface area contributed by atoms with Gasteiger partial charge in [-0.15, -0.1) is 0 Å². The van der Waals surface area contributed by atoms with Crippen LogP contribution in [0.2, 0.25) is 0 Å². The van der Waals surface area contributed by atoms with Crippen molar-refractivity contribution >= 4 is 27.6 Å². The number of nitrogens with zero attached hydrogens (tertiary/aromatic N) is 1. The summed E-state index contributed by atoms with van der Waals surface area (Å²) in [5, 5.41) is 2.52. The highest BCUT2D eigenvalue weighted by Crippen LogP contribution is 2.28. The van der Waals surface area contributed by atoms with Crippen molar-refractivity contribution in [2.24, 2.45) is 0 Å². The van der Waals surface area contributed by atoms with Crippen LogP contribution < -0.4 is 14.4 Å². The summed E-state index contributed by atoms with van der Waals surface area (Å²) in [6.07, 6.45) is 0. The number of sulfonamides is 1. The molecule has 9 heteroatoms. The molecule has 0 atom stereocenters. The minimum absolute atomic E-state index is 0.0276. The number of carbonyl (C=O) groups excluding carboxylic acids is 2. The van der Waals surface area contributed by atoms with Gasteiger partial charge in [0.2, 0.25) is 0 Å². The minimum atomic E-state index is -4.06. The third-order valence-electron chi connectivity index (χ3n) is 4.90. The molecule has 3 aromatic carbocycles. The van der Waals surface area contributed by atoms with E-state index in [0.717, 1.165) is 5.56 Å². The molecule has 8 nitrogen and oxygen atoms in total. The average molecular weight is 483 g/mol. The highest BCUT2D eigenvalue weighted by atomic mass is 32.2. The van der Waals surface area contributed by atoms with Crippen LogP contribution in [0.4, 0.5) is 5.69 Å². The Labute approximate surface area is 199 Å². The summed E-state index contributed by atoms with van der Waals surface area (Å²) in [4.78, 5) is 23.9. The first kappa shape index (κ1) is 24.8. The lowest BCUT2D eigenvalue weighted by molar-refractivity contribution is -0.124. The summed E-state index contributed by atoms with van der Waals surface area (Å²) in [5.41, 5.74) is 1.26. The van der Waals surface area contributed by atoms with Crippen molar-refractivity contribution in [3.05, 3.63) is 90.0 Å². The monoisotopic (exact) mass is 482 g/mol. The molecule has 178 valence electrons. The molecular weight excluding hydrogens is 456 g/mol. The molecule has 0 aliphatic heterocycles.